The minimum Gasteiger partial charge on any atom is -0.479 e. The van der Waals surface area contributed by atoms with Crippen molar-refractivity contribution in [3.63, 3.8) is 0 Å². The van der Waals surface area contributed by atoms with E-state index in [0.717, 1.165) is 18.4 Å². The molecule has 1 amide bonds. The zero-order chi connectivity index (χ0) is 19.5. The van der Waals surface area contributed by atoms with Gasteiger partial charge in [-0.05, 0) is 37.0 Å². The van der Waals surface area contributed by atoms with Crippen molar-refractivity contribution in [3.8, 4) is 0 Å². The number of ether oxygens (including phenoxy) is 1. The Hall–Kier alpha value is -1.97. The minimum atomic E-state index is -3.45. The topological polar surface area (TPSA) is 113 Å². The number of carbonyl (C=O) groups excluding carboxylic acids is 1. The summed E-state index contributed by atoms with van der Waals surface area (Å²) in [5.74, 6) is -1.46. The standard InChI is InChI=1S/C18H24N2O6S/c21-16(19-18(17(22)23)9-12-26-13-18)8-5-14-3-6-15(7-4-14)27(24,25)20-10-1-2-11-20/h3-4,6-7H,1-2,5,8-13H2,(H,19,21)(H,22,23). The lowest BCUT2D eigenvalue weighted by Gasteiger charge is -2.23. The quantitative estimate of drug-likeness (QED) is 0.704. The predicted octanol–water partition coefficient (Wildman–Crippen LogP) is 0.764. The molecule has 1 aromatic rings. The van der Waals surface area contributed by atoms with E-state index in [0.29, 0.717) is 26.1 Å². The van der Waals surface area contributed by atoms with Gasteiger partial charge >= 0.3 is 5.97 Å². The Morgan fingerprint density at radius 3 is 2.41 bits per heavy atom. The first kappa shape index (κ1) is 19.8. The molecule has 2 aliphatic heterocycles. The van der Waals surface area contributed by atoms with Gasteiger partial charge in [0, 0.05) is 32.5 Å². The van der Waals surface area contributed by atoms with Crippen LogP contribution in [-0.2, 0) is 30.8 Å². The molecule has 1 aromatic carbocycles. The number of carboxylic acid groups (broad SMARTS) is 1. The summed E-state index contributed by atoms with van der Waals surface area (Å²) in [4.78, 5) is 23.8. The number of aliphatic carboxylic acids is 1. The zero-order valence-corrected chi connectivity index (χ0v) is 15.8. The smallest absolute Gasteiger partial charge is 0.331 e. The number of sulfonamides is 1. The van der Waals surface area contributed by atoms with Crippen molar-refractivity contribution in [1.29, 1.82) is 0 Å². The number of carboxylic acids is 1. The number of nitrogens with zero attached hydrogens (tertiary/aromatic N) is 1. The van der Waals surface area contributed by atoms with Crippen LogP contribution in [0.2, 0.25) is 0 Å². The van der Waals surface area contributed by atoms with E-state index in [2.05, 4.69) is 5.32 Å². The number of hydrogen-bond donors (Lipinski definition) is 2. The van der Waals surface area contributed by atoms with E-state index in [4.69, 9.17) is 4.74 Å². The van der Waals surface area contributed by atoms with Crippen LogP contribution in [0.25, 0.3) is 0 Å². The average molecular weight is 396 g/mol. The molecule has 1 unspecified atom stereocenters. The Morgan fingerprint density at radius 2 is 1.85 bits per heavy atom. The summed E-state index contributed by atoms with van der Waals surface area (Å²) in [5.41, 5.74) is -0.525. The first-order valence-corrected chi connectivity index (χ1v) is 10.5. The summed E-state index contributed by atoms with van der Waals surface area (Å²) in [7, 11) is -3.45. The molecule has 27 heavy (non-hydrogen) atoms. The van der Waals surface area contributed by atoms with Gasteiger partial charge in [-0.1, -0.05) is 12.1 Å². The number of benzene rings is 1. The van der Waals surface area contributed by atoms with Gasteiger partial charge in [0.2, 0.25) is 15.9 Å². The molecule has 2 heterocycles. The van der Waals surface area contributed by atoms with Gasteiger partial charge in [0.1, 0.15) is 0 Å². The van der Waals surface area contributed by atoms with Crippen molar-refractivity contribution in [1.82, 2.24) is 9.62 Å². The molecule has 1 atom stereocenters. The normalized spacial score (nSPS) is 23.4. The highest BCUT2D eigenvalue weighted by molar-refractivity contribution is 7.89. The second kappa shape index (κ2) is 7.95. The maximum absolute atomic E-state index is 12.5. The van der Waals surface area contributed by atoms with Gasteiger partial charge in [0.15, 0.2) is 5.54 Å². The van der Waals surface area contributed by atoms with Gasteiger partial charge in [-0.2, -0.15) is 4.31 Å². The molecule has 2 N–H and O–H groups in total. The van der Waals surface area contributed by atoms with E-state index in [-0.39, 0.29) is 30.3 Å². The molecule has 2 saturated heterocycles. The highest BCUT2D eigenvalue weighted by Gasteiger charge is 2.43. The van der Waals surface area contributed by atoms with Crippen LogP contribution in [0, 0.1) is 0 Å². The predicted molar refractivity (Wildman–Crippen MR) is 96.7 cm³/mol. The monoisotopic (exact) mass is 396 g/mol. The molecule has 3 rings (SSSR count). The second-order valence-corrected chi connectivity index (χ2v) is 8.93. The molecule has 8 nitrogen and oxygen atoms in total. The van der Waals surface area contributed by atoms with Crippen LogP contribution >= 0.6 is 0 Å². The van der Waals surface area contributed by atoms with Crippen molar-refractivity contribution in [3.05, 3.63) is 29.8 Å². The molecule has 0 spiro atoms. The van der Waals surface area contributed by atoms with Crippen LogP contribution < -0.4 is 5.32 Å². The van der Waals surface area contributed by atoms with Crippen LogP contribution in [0.4, 0.5) is 0 Å². The van der Waals surface area contributed by atoms with Gasteiger partial charge in [-0.15, -0.1) is 0 Å². The maximum Gasteiger partial charge on any atom is 0.331 e. The van der Waals surface area contributed by atoms with Crippen LogP contribution in [0.5, 0.6) is 0 Å². The minimum absolute atomic E-state index is 0.0306. The summed E-state index contributed by atoms with van der Waals surface area (Å²) < 4.78 is 31.6. The average Bonchev–Trinajstić information content (AvgIpc) is 3.33. The molecule has 0 bridgehead atoms. The highest BCUT2D eigenvalue weighted by atomic mass is 32.2. The number of aryl methyl sites for hydroxylation is 1. The summed E-state index contributed by atoms with van der Waals surface area (Å²) >= 11 is 0. The van der Waals surface area contributed by atoms with Crippen LogP contribution in [-0.4, -0.2) is 61.5 Å². The lowest BCUT2D eigenvalue weighted by Crippen LogP contribution is -2.55. The Balaban J connectivity index is 1.57. The fraction of sp³-hybridized carbons (Fsp3) is 0.556. The second-order valence-electron chi connectivity index (χ2n) is 6.99. The fourth-order valence-corrected chi connectivity index (χ4v) is 4.90. The van der Waals surface area contributed by atoms with Gasteiger partial charge in [0.25, 0.3) is 0 Å². The van der Waals surface area contributed by atoms with E-state index < -0.39 is 21.5 Å². The largest absolute Gasteiger partial charge is 0.479 e. The molecule has 148 valence electrons. The number of hydrogen-bond acceptors (Lipinski definition) is 5. The van der Waals surface area contributed by atoms with E-state index in [9.17, 15) is 23.1 Å². The summed E-state index contributed by atoms with van der Waals surface area (Å²) in [6.07, 6.45) is 2.53. The lowest BCUT2D eigenvalue weighted by atomic mass is 9.98. The number of carbonyl (C=O) groups is 2. The van der Waals surface area contributed by atoms with E-state index in [1.807, 2.05) is 0 Å². The molecular weight excluding hydrogens is 372 g/mol. The van der Waals surface area contributed by atoms with E-state index >= 15 is 0 Å². The summed E-state index contributed by atoms with van der Waals surface area (Å²) in [6, 6.07) is 6.51. The first-order chi connectivity index (χ1) is 12.8. The van der Waals surface area contributed by atoms with Crippen molar-refractivity contribution in [2.24, 2.45) is 0 Å². The Bertz CT molecular complexity index is 794. The molecule has 0 aromatic heterocycles. The Morgan fingerprint density at radius 1 is 1.19 bits per heavy atom. The SMILES string of the molecule is O=C(CCc1ccc(S(=O)(=O)N2CCCC2)cc1)NC1(C(=O)O)CCOC1. The molecular formula is C18H24N2O6S. The lowest BCUT2D eigenvalue weighted by molar-refractivity contribution is -0.147. The van der Waals surface area contributed by atoms with Crippen molar-refractivity contribution in [2.45, 2.75) is 42.5 Å². The van der Waals surface area contributed by atoms with Gasteiger partial charge in [-0.3, -0.25) is 4.79 Å². The fourth-order valence-electron chi connectivity index (χ4n) is 3.38. The maximum atomic E-state index is 12.5. The van der Waals surface area contributed by atoms with Crippen molar-refractivity contribution >= 4 is 21.9 Å². The van der Waals surface area contributed by atoms with Gasteiger partial charge < -0.3 is 15.2 Å². The van der Waals surface area contributed by atoms with Crippen molar-refractivity contribution in [2.75, 3.05) is 26.3 Å². The molecule has 0 aliphatic carbocycles. The van der Waals surface area contributed by atoms with Gasteiger partial charge in [-0.25, -0.2) is 13.2 Å². The van der Waals surface area contributed by atoms with Crippen LogP contribution in [0.15, 0.2) is 29.2 Å². The summed E-state index contributed by atoms with van der Waals surface area (Å²) in [5, 5.41) is 11.9. The first-order valence-electron chi connectivity index (χ1n) is 9.05. The Kier molecular flexibility index (Phi) is 5.83. The summed E-state index contributed by atoms with van der Waals surface area (Å²) in [6.45, 7) is 1.38. The molecule has 2 aliphatic rings. The number of amides is 1. The number of rotatable bonds is 7. The highest BCUT2D eigenvalue weighted by Crippen LogP contribution is 2.22. The van der Waals surface area contributed by atoms with Gasteiger partial charge in [0.05, 0.1) is 11.5 Å². The van der Waals surface area contributed by atoms with Crippen molar-refractivity contribution < 1.29 is 27.9 Å². The molecule has 2 fully saturated rings. The molecule has 0 saturated carbocycles. The number of nitrogens with one attached hydrogen (secondary N) is 1. The third-order valence-corrected chi connectivity index (χ3v) is 6.99. The molecule has 0 radical (unpaired) electrons. The van der Waals surface area contributed by atoms with E-state index in [1.54, 1.807) is 24.3 Å². The Labute approximate surface area is 158 Å². The third-order valence-electron chi connectivity index (χ3n) is 5.08. The zero-order valence-electron chi connectivity index (χ0n) is 15.0. The van der Waals surface area contributed by atoms with Crippen LogP contribution in [0.3, 0.4) is 0 Å². The molecule has 9 heteroatoms. The third kappa shape index (κ3) is 4.31. The van der Waals surface area contributed by atoms with E-state index in [1.165, 1.54) is 4.31 Å². The van der Waals surface area contributed by atoms with Crippen LogP contribution in [0.1, 0.15) is 31.2 Å².